The predicted octanol–water partition coefficient (Wildman–Crippen LogP) is 3.94. The molecule has 0 radical (unpaired) electrons. The molecular weight excluding hydrogens is 348 g/mol. The first-order chi connectivity index (χ1) is 12.7. The lowest BCUT2D eigenvalue weighted by atomic mass is 9.95. The zero-order valence-corrected chi connectivity index (χ0v) is 14.9. The maximum absolute atomic E-state index is 12.4. The van der Waals surface area contributed by atoms with Gasteiger partial charge in [0, 0.05) is 29.4 Å². The molecular formula is C20H17ClN4O. The molecule has 4 rings (SSSR count). The number of aryl methyl sites for hydroxylation is 2. The van der Waals surface area contributed by atoms with Crippen LogP contribution < -0.4 is 10.9 Å². The van der Waals surface area contributed by atoms with Crippen molar-refractivity contribution in [3.8, 4) is 6.07 Å². The fraction of sp³-hybridized carbons (Fsp3) is 0.250. The Labute approximate surface area is 155 Å². The molecule has 0 aliphatic heterocycles. The monoisotopic (exact) mass is 364 g/mol. The van der Waals surface area contributed by atoms with Gasteiger partial charge in [-0.15, -0.1) is 0 Å². The number of hydrogen-bond donors (Lipinski definition) is 2. The summed E-state index contributed by atoms with van der Waals surface area (Å²) in [7, 11) is 0. The molecule has 1 aliphatic rings. The molecule has 5 nitrogen and oxygen atoms in total. The Hall–Kier alpha value is -2.84. The van der Waals surface area contributed by atoms with Crippen molar-refractivity contribution < 1.29 is 0 Å². The van der Waals surface area contributed by atoms with Gasteiger partial charge in [-0.3, -0.25) is 9.78 Å². The van der Waals surface area contributed by atoms with Crippen LogP contribution in [0.4, 0.5) is 5.69 Å². The first kappa shape index (κ1) is 16.6. The number of benzene rings is 1. The summed E-state index contributed by atoms with van der Waals surface area (Å²) >= 11 is 6.22. The molecule has 0 bridgehead atoms. The molecule has 0 atom stereocenters. The number of rotatable bonds is 3. The molecule has 3 aromatic rings. The number of nitriles is 1. The van der Waals surface area contributed by atoms with E-state index in [-0.39, 0.29) is 5.56 Å². The van der Waals surface area contributed by atoms with Gasteiger partial charge in [-0.2, -0.15) is 5.26 Å². The summed E-state index contributed by atoms with van der Waals surface area (Å²) in [4.78, 5) is 19.7. The van der Waals surface area contributed by atoms with Gasteiger partial charge in [0.05, 0.1) is 21.8 Å². The van der Waals surface area contributed by atoms with Crippen LogP contribution in [0.25, 0.3) is 10.9 Å². The second-order valence-corrected chi connectivity index (χ2v) is 6.89. The van der Waals surface area contributed by atoms with Gasteiger partial charge in [0.25, 0.3) is 5.56 Å². The smallest absolute Gasteiger partial charge is 0.253 e. The van der Waals surface area contributed by atoms with Crippen LogP contribution in [0.15, 0.2) is 35.3 Å². The van der Waals surface area contributed by atoms with Gasteiger partial charge in [0.2, 0.25) is 0 Å². The van der Waals surface area contributed by atoms with E-state index < -0.39 is 0 Å². The van der Waals surface area contributed by atoms with Crippen LogP contribution in [0.5, 0.6) is 0 Å². The van der Waals surface area contributed by atoms with Crippen molar-refractivity contribution in [2.45, 2.75) is 32.2 Å². The summed E-state index contributed by atoms with van der Waals surface area (Å²) in [5.41, 5.74) is 4.58. The van der Waals surface area contributed by atoms with Gasteiger partial charge in [-0.05, 0) is 43.4 Å². The summed E-state index contributed by atoms with van der Waals surface area (Å²) in [5.74, 6) is 0. The number of hydrogen-bond acceptors (Lipinski definition) is 4. The molecule has 0 amide bonds. The van der Waals surface area contributed by atoms with Crippen molar-refractivity contribution in [2.24, 2.45) is 0 Å². The zero-order chi connectivity index (χ0) is 18.1. The van der Waals surface area contributed by atoms with Crippen molar-refractivity contribution in [1.82, 2.24) is 9.97 Å². The van der Waals surface area contributed by atoms with Crippen LogP contribution in [0.2, 0.25) is 5.02 Å². The fourth-order valence-electron chi connectivity index (χ4n) is 3.50. The summed E-state index contributed by atoms with van der Waals surface area (Å²) in [6.45, 7) is 0.336. The molecule has 0 unspecified atom stereocenters. The number of aromatic amines is 1. The average Bonchev–Trinajstić information content (AvgIpc) is 2.66. The highest BCUT2D eigenvalue weighted by molar-refractivity contribution is 6.35. The van der Waals surface area contributed by atoms with E-state index >= 15 is 0 Å². The van der Waals surface area contributed by atoms with Gasteiger partial charge in [-0.25, -0.2) is 0 Å². The number of nitrogens with one attached hydrogen (secondary N) is 2. The Bertz CT molecular complexity index is 1100. The van der Waals surface area contributed by atoms with Crippen LogP contribution in [-0.2, 0) is 19.4 Å². The molecule has 2 N–H and O–H groups in total. The Kier molecular flexibility index (Phi) is 4.36. The number of fused-ring (bicyclic) bond motifs is 2. The lowest BCUT2D eigenvalue weighted by Crippen LogP contribution is -2.21. The standard InChI is InChI=1S/C20H17ClN4O/c21-16-6-3-5-15-18(14(9-22)11-24-19(15)16)23-10-13-8-12-4-1-2-7-17(12)25-20(13)26/h3,5-6,8,11H,1-2,4,7,10H2,(H,23,24)(H,25,26). The molecule has 130 valence electrons. The van der Waals surface area contributed by atoms with E-state index in [9.17, 15) is 10.1 Å². The SMILES string of the molecule is N#Cc1cnc2c(Cl)cccc2c1NCc1cc2c([nH]c1=O)CCCC2. The molecule has 0 saturated carbocycles. The number of anilines is 1. The van der Waals surface area contributed by atoms with Crippen LogP contribution in [0.1, 0.15) is 35.2 Å². The fourth-order valence-corrected chi connectivity index (χ4v) is 3.72. The van der Waals surface area contributed by atoms with E-state index in [0.29, 0.717) is 33.9 Å². The third-order valence-electron chi connectivity index (χ3n) is 4.84. The molecule has 0 spiro atoms. The Morgan fingerprint density at radius 2 is 2.15 bits per heavy atom. The van der Waals surface area contributed by atoms with Crippen molar-refractivity contribution in [3.05, 3.63) is 68.2 Å². The first-order valence-corrected chi connectivity index (χ1v) is 9.00. The molecule has 1 aliphatic carbocycles. The number of aromatic nitrogens is 2. The third kappa shape index (κ3) is 2.93. The lowest BCUT2D eigenvalue weighted by Gasteiger charge is -2.17. The highest BCUT2D eigenvalue weighted by atomic mass is 35.5. The topological polar surface area (TPSA) is 81.6 Å². The minimum Gasteiger partial charge on any atom is -0.379 e. The molecule has 2 heterocycles. The van der Waals surface area contributed by atoms with Crippen LogP contribution in [0.3, 0.4) is 0 Å². The maximum Gasteiger partial charge on any atom is 0.253 e. The zero-order valence-electron chi connectivity index (χ0n) is 14.1. The number of para-hydroxylation sites is 1. The number of nitrogens with zero attached hydrogens (tertiary/aromatic N) is 2. The minimum atomic E-state index is -0.0759. The van der Waals surface area contributed by atoms with E-state index in [0.717, 1.165) is 36.8 Å². The lowest BCUT2D eigenvalue weighted by molar-refractivity contribution is 0.663. The number of halogens is 1. The van der Waals surface area contributed by atoms with E-state index in [1.165, 1.54) is 11.8 Å². The van der Waals surface area contributed by atoms with Gasteiger partial charge >= 0.3 is 0 Å². The second-order valence-electron chi connectivity index (χ2n) is 6.48. The van der Waals surface area contributed by atoms with Crippen LogP contribution in [-0.4, -0.2) is 9.97 Å². The highest BCUT2D eigenvalue weighted by Gasteiger charge is 2.14. The minimum absolute atomic E-state index is 0.0759. The van der Waals surface area contributed by atoms with Gasteiger partial charge in [-0.1, -0.05) is 23.7 Å². The number of H-pyrrole nitrogens is 1. The molecule has 2 aromatic heterocycles. The summed E-state index contributed by atoms with van der Waals surface area (Å²) in [6.07, 6.45) is 5.71. The van der Waals surface area contributed by atoms with Crippen LogP contribution >= 0.6 is 11.6 Å². The summed E-state index contributed by atoms with van der Waals surface area (Å²) < 4.78 is 0. The van der Waals surface area contributed by atoms with Crippen molar-refractivity contribution in [2.75, 3.05) is 5.32 Å². The first-order valence-electron chi connectivity index (χ1n) is 8.62. The quantitative estimate of drug-likeness (QED) is 0.737. The molecule has 6 heteroatoms. The Morgan fingerprint density at radius 3 is 3.00 bits per heavy atom. The van der Waals surface area contributed by atoms with E-state index in [1.54, 1.807) is 6.07 Å². The largest absolute Gasteiger partial charge is 0.379 e. The van der Waals surface area contributed by atoms with E-state index in [4.69, 9.17) is 11.6 Å². The maximum atomic E-state index is 12.4. The Balaban J connectivity index is 1.72. The third-order valence-corrected chi connectivity index (χ3v) is 5.14. The van der Waals surface area contributed by atoms with Crippen LogP contribution in [0, 0.1) is 11.3 Å². The average molecular weight is 365 g/mol. The molecule has 0 fully saturated rings. The van der Waals surface area contributed by atoms with Gasteiger partial charge in [0.15, 0.2) is 0 Å². The van der Waals surface area contributed by atoms with Crippen molar-refractivity contribution in [3.63, 3.8) is 0 Å². The molecule has 1 aromatic carbocycles. The van der Waals surface area contributed by atoms with Crippen molar-refractivity contribution in [1.29, 1.82) is 5.26 Å². The second kappa shape index (κ2) is 6.81. The highest BCUT2D eigenvalue weighted by Crippen LogP contribution is 2.30. The van der Waals surface area contributed by atoms with E-state index in [2.05, 4.69) is 21.4 Å². The van der Waals surface area contributed by atoms with Gasteiger partial charge < -0.3 is 10.3 Å². The predicted molar refractivity (Wildman–Crippen MR) is 102 cm³/mol. The summed E-state index contributed by atoms with van der Waals surface area (Å²) in [6, 6.07) is 9.60. The number of pyridine rings is 2. The van der Waals surface area contributed by atoms with Crippen molar-refractivity contribution >= 4 is 28.2 Å². The molecule has 0 saturated heterocycles. The Morgan fingerprint density at radius 1 is 1.31 bits per heavy atom. The van der Waals surface area contributed by atoms with Gasteiger partial charge in [0.1, 0.15) is 6.07 Å². The van der Waals surface area contributed by atoms with E-state index in [1.807, 2.05) is 18.2 Å². The molecule has 26 heavy (non-hydrogen) atoms. The summed E-state index contributed by atoms with van der Waals surface area (Å²) in [5, 5.41) is 14.0. The normalized spacial score (nSPS) is 13.2.